The van der Waals surface area contributed by atoms with E-state index in [1.807, 2.05) is 6.92 Å². The highest BCUT2D eigenvalue weighted by molar-refractivity contribution is 6.30. The van der Waals surface area contributed by atoms with Gasteiger partial charge >= 0.3 is 6.01 Å². The average molecular weight is 489 g/mol. The van der Waals surface area contributed by atoms with Gasteiger partial charge in [0.25, 0.3) is 0 Å². The summed E-state index contributed by atoms with van der Waals surface area (Å²) in [5.41, 5.74) is 6.55. The van der Waals surface area contributed by atoms with Gasteiger partial charge in [0.05, 0.1) is 10.9 Å². The van der Waals surface area contributed by atoms with Crippen LogP contribution in [0.3, 0.4) is 0 Å². The molecule has 4 aliphatic heterocycles. The molecule has 0 aliphatic carbocycles. The number of amidine groups is 1. The monoisotopic (exact) mass is 488 g/mol. The summed E-state index contributed by atoms with van der Waals surface area (Å²) >= 11 is 6.02. The molecule has 2 aromatic rings. The Morgan fingerprint density at radius 3 is 2.79 bits per heavy atom. The first kappa shape index (κ1) is 22.2. The normalized spacial score (nSPS) is 26.6. The van der Waals surface area contributed by atoms with Crippen molar-refractivity contribution in [3.63, 3.8) is 0 Å². The van der Waals surface area contributed by atoms with Gasteiger partial charge < -0.3 is 15.1 Å². The van der Waals surface area contributed by atoms with Crippen LogP contribution in [0.4, 0.5) is 10.2 Å². The molecule has 3 saturated heterocycles. The van der Waals surface area contributed by atoms with Crippen molar-refractivity contribution in [2.45, 2.75) is 57.2 Å². The zero-order valence-corrected chi connectivity index (χ0v) is 20.1. The minimum Gasteiger partial charge on any atom is -0.461 e. The number of halogens is 2. The summed E-state index contributed by atoms with van der Waals surface area (Å²) in [5, 5.41) is 0.352. The van der Waals surface area contributed by atoms with Crippen molar-refractivity contribution in [2.75, 3.05) is 37.7 Å². The van der Waals surface area contributed by atoms with Crippen LogP contribution in [0.1, 0.15) is 45.4 Å². The summed E-state index contributed by atoms with van der Waals surface area (Å²) in [4.78, 5) is 22.6. The van der Waals surface area contributed by atoms with E-state index in [9.17, 15) is 0 Å². The smallest absolute Gasteiger partial charge is 0.319 e. The second kappa shape index (κ2) is 8.73. The molecule has 2 N–H and O–H groups in total. The lowest BCUT2D eigenvalue weighted by Crippen LogP contribution is -2.45. The quantitative estimate of drug-likeness (QED) is 0.621. The molecule has 6 heterocycles. The fraction of sp³-hybridized carbons (Fsp3) is 0.652. The topological polar surface area (TPSA) is 90.8 Å². The Hall–Kier alpha value is -2.30. The minimum atomic E-state index is -0.636. The fourth-order valence-corrected chi connectivity index (χ4v) is 6.15. The third-order valence-corrected chi connectivity index (χ3v) is 8.00. The molecule has 9 nitrogen and oxygen atoms in total. The number of nitrogens with one attached hydrogen (secondary N) is 2. The van der Waals surface area contributed by atoms with E-state index >= 15 is 4.39 Å². The Balaban J connectivity index is 1.33. The molecule has 2 atom stereocenters. The van der Waals surface area contributed by atoms with Gasteiger partial charge in [-0.1, -0.05) is 11.6 Å². The van der Waals surface area contributed by atoms with Crippen molar-refractivity contribution in [1.82, 2.24) is 30.7 Å². The highest BCUT2D eigenvalue weighted by atomic mass is 35.5. The second-order valence-corrected chi connectivity index (χ2v) is 10.3. The van der Waals surface area contributed by atoms with Crippen LogP contribution in [0.2, 0.25) is 5.15 Å². The van der Waals surface area contributed by atoms with Crippen molar-refractivity contribution in [2.24, 2.45) is 10.9 Å². The first-order valence-electron chi connectivity index (χ1n) is 12.3. The van der Waals surface area contributed by atoms with Crippen LogP contribution >= 0.6 is 11.6 Å². The third-order valence-electron chi connectivity index (χ3n) is 7.73. The highest BCUT2D eigenvalue weighted by Crippen LogP contribution is 2.39. The molecular formula is C23H30ClFN8O. The predicted octanol–water partition coefficient (Wildman–Crippen LogP) is 2.89. The molecule has 3 fully saturated rings. The van der Waals surface area contributed by atoms with Crippen molar-refractivity contribution in [3.8, 4) is 6.01 Å². The number of anilines is 1. The fourth-order valence-electron chi connectivity index (χ4n) is 6.02. The molecule has 0 bridgehead atoms. The predicted molar refractivity (Wildman–Crippen MR) is 129 cm³/mol. The molecule has 0 radical (unpaired) electrons. The van der Waals surface area contributed by atoms with Crippen LogP contribution in [-0.4, -0.2) is 70.2 Å². The summed E-state index contributed by atoms with van der Waals surface area (Å²) in [6, 6.07) is 0.200. The molecule has 0 spiro atoms. The zero-order valence-electron chi connectivity index (χ0n) is 19.4. The van der Waals surface area contributed by atoms with Gasteiger partial charge in [0.1, 0.15) is 29.9 Å². The number of ether oxygens (including phenoxy) is 1. The maximum absolute atomic E-state index is 15.0. The first-order chi connectivity index (χ1) is 16.5. The Morgan fingerprint density at radius 2 is 2.03 bits per heavy atom. The summed E-state index contributed by atoms with van der Waals surface area (Å²) in [6.07, 6.45) is 8.22. The van der Waals surface area contributed by atoms with Crippen molar-refractivity contribution < 1.29 is 9.13 Å². The van der Waals surface area contributed by atoms with E-state index in [1.165, 1.54) is 12.8 Å². The van der Waals surface area contributed by atoms with Crippen molar-refractivity contribution in [3.05, 3.63) is 17.2 Å². The second-order valence-electron chi connectivity index (χ2n) is 9.91. The summed E-state index contributed by atoms with van der Waals surface area (Å²) < 4.78 is 21.2. The molecule has 34 heavy (non-hydrogen) atoms. The molecule has 4 aliphatic rings. The van der Waals surface area contributed by atoms with Gasteiger partial charge in [-0.2, -0.15) is 9.97 Å². The van der Waals surface area contributed by atoms with Gasteiger partial charge in [-0.3, -0.25) is 9.89 Å². The van der Waals surface area contributed by atoms with Gasteiger partial charge in [0, 0.05) is 25.2 Å². The molecule has 11 heteroatoms. The molecule has 2 aromatic heterocycles. The number of fused-ring (bicyclic) bond motifs is 2. The maximum Gasteiger partial charge on any atom is 0.319 e. The van der Waals surface area contributed by atoms with E-state index in [0.717, 1.165) is 51.2 Å². The van der Waals surface area contributed by atoms with Gasteiger partial charge in [-0.15, -0.1) is 0 Å². The Labute approximate surface area is 203 Å². The Kier molecular flexibility index (Phi) is 5.69. The molecule has 182 valence electrons. The number of piperidine rings is 1. The van der Waals surface area contributed by atoms with Gasteiger partial charge in [-0.05, 0) is 58.5 Å². The number of nitrogens with zero attached hydrogens (tertiary/aromatic N) is 6. The summed E-state index contributed by atoms with van der Waals surface area (Å²) in [6.45, 7) is 6.28. The lowest BCUT2D eigenvalue weighted by Gasteiger charge is -2.34. The lowest BCUT2D eigenvalue weighted by atomic mass is 9.95. The number of rotatable bonds is 5. The lowest BCUT2D eigenvalue weighted by molar-refractivity contribution is 0.108. The van der Waals surface area contributed by atoms with Crippen LogP contribution in [-0.2, 0) is 0 Å². The molecule has 6 rings (SSSR count). The van der Waals surface area contributed by atoms with E-state index in [-0.39, 0.29) is 34.3 Å². The highest BCUT2D eigenvalue weighted by Gasteiger charge is 2.45. The van der Waals surface area contributed by atoms with E-state index in [1.54, 1.807) is 6.20 Å². The third kappa shape index (κ3) is 3.85. The SMILES string of the molecule is CC1N=C(C2CCCN(c3nc(OCC45CCCN4CCC5)nc4c(F)c(Cl)ncc34)C2)NN1. The molecule has 0 amide bonds. The molecule has 2 unspecified atom stereocenters. The van der Waals surface area contributed by atoms with E-state index in [0.29, 0.717) is 24.4 Å². The average Bonchev–Trinajstić information content (AvgIpc) is 3.56. The molecule has 0 aromatic carbocycles. The van der Waals surface area contributed by atoms with Crippen molar-refractivity contribution in [1.29, 1.82) is 0 Å². The number of aromatic nitrogens is 3. The number of hydrogen-bond acceptors (Lipinski definition) is 9. The van der Waals surface area contributed by atoms with Crippen LogP contribution < -0.4 is 20.5 Å². The van der Waals surface area contributed by atoms with Gasteiger partial charge in [-0.25, -0.2) is 14.8 Å². The Morgan fingerprint density at radius 1 is 1.21 bits per heavy atom. The Bertz CT molecular complexity index is 1120. The zero-order chi connectivity index (χ0) is 23.3. The number of pyridine rings is 1. The molecule has 0 saturated carbocycles. The largest absolute Gasteiger partial charge is 0.461 e. The number of hydrazine groups is 1. The van der Waals surface area contributed by atoms with Gasteiger partial charge in [0.15, 0.2) is 11.0 Å². The minimum absolute atomic E-state index is 0.0517. The summed E-state index contributed by atoms with van der Waals surface area (Å²) in [7, 11) is 0. The maximum atomic E-state index is 15.0. The summed E-state index contributed by atoms with van der Waals surface area (Å²) in [5.74, 6) is 1.19. The van der Waals surface area contributed by atoms with Gasteiger partial charge in [0.2, 0.25) is 0 Å². The number of aliphatic imine (C=N–C) groups is 1. The van der Waals surface area contributed by atoms with E-state index in [2.05, 4.69) is 35.6 Å². The number of hydrogen-bond donors (Lipinski definition) is 2. The van der Waals surface area contributed by atoms with Crippen LogP contribution in [0.5, 0.6) is 6.01 Å². The van der Waals surface area contributed by atoms with Crippen LogP contribution in [0, 0.1) is 11.7 Å². The van der Waals surface area contributed by atoms with Crippen molar-refractivity contribution >= 4 is 34.2 Å². The van der Waals surface area contributed by atoms with E-state index < -0.39 is 5.82 Å². The van der Waals surface area contributed by atoms with Crippen LogP contribution in [0.25, 0.3) is 10.9 Å². The first-order valence-corrected chi connectivity index (χ1v) is 12.6. The molecular weight excluding hydrogens is 459 g/mol. The van der Waals surface area contributed by atoms with Crippen LogP contribution in [0.15, 0.2) is 11.2 Å². The van der Waals surface area contributed by atoms with E-state index in [4.69, 9.17) is 21.3 Å². The standard InChI is InChI=1S/C23H30ClFN8O/c1-14-27-20(31-30-14)15-5-2-8-32(12-15)21-16-11-26-19(24)17(25)18(16)28-22(29-21)34-13-23-6-3-9-33(23)10-4-7-23/h11,14-15,30H,2-10,12-13H2,1H3,(H,27,31).